The summed E-state index contributed by atoms with van der Waals surface area (Å²) in [6, 6.07) is 9.82. The Balaban J connectivity index is 1.52. The predicted molar refractivity (Wildman–Crippen MR) is 104 cm³/mol. The van der Waals surface area contributed by atoms with Crippen LogP contribution in [0.15, 0.2) is 53.9 Å². The zero-order chi connectivity index (χ0) is 20.4. The molecule has 1 aliphatic carbocycles. The van der Waals surface area contributed by atoms with Gasteiger partial charge in [0.2, 0.25) is 0 Å². The van der Waals surface area contributed by atoms with Crippen molar-refractivity contribution in [2.24, 2.45) is 0 Å². The lowest BCUT2D eigenvalue weighted by Crippen LogP contribution is -2.15. The van der Waals surface area contributed by atoms with Gasteiger partial charge in [-0.15, -0.1) is 10.2 Å². The van der Waals surface area contributed by atoms with Crippen LogP contribution in [0.5, 0.6) is 5.75 Å². The molecule has 4 rings (SSSR count). The molecule has 0 unspecified atom stereocenters. The Morgan fingerprint density at radius 2 is 1.97 bits per heavy atom. The van der Waals surface area contributed by atoms with E-state index in [0.29, 0.717) is 16.8 Å². The highest BCUT2D eigenvalue weighted by atomic mass is 32.2. The molecule has 1 saturated carbocycles. The fourth-order valence-electron chi connectivity index (χ4n) is 2.96. The Hall–Kier alpha value is -2.81. The summed E-state index contributed by atoms with van der Waals surface area (Å²) in [4.78, 5) is 16.9. The quantitative estimate of drug-likeness (QED) is 0.394. The van der Waals surface area contributed by atoms with E-state index in [1.807, 2.05) is 12.1 Å². The third kappa shape index (κ3) is 4.45. The van der Waals surface area contributed by atoms with Gasteiger partial charge >= 0.3 is 6.61 Å². The van der Waals surface area contributed by atoms with Crippen molar-refractivity contribution in [1.29, 1.82) is 0 Å². The van der Waals surface area contributed by atoms with E-state index in [-0.39, 0.29) is 11.5 Å². The largest absolute Gasteiger partial charge is 0.435 e. The maximum absolute atomic E-state index is 12.8. The van der Waals surface area contributed by atoms with Crippen LogP contribution in [0.2, 0.25) is 0 Å². The van der Waals surface area contributed by atoms with Crippen molar-refractivity contribution in [2.75, 3.05) is 0 Å². The third-order valence-corrected chi connectivity index (χ3v) is 5.57. The van der Waals surface area contributed by atoms with Crippen LogP contribution in [-0.2, 0) is 0 Å². The Morgan fingerprint density at radius 3 is 2.59 bits per heavy atom. The van der Waals surface area contributed by atoms with Gasteiger partial charge in [-0.05, 0) is 56.2 Å². The summed E-state index contributed by atoms with van der Waals surface area (Å²) in [5, 5.41) is 8.90. The first kappa shape index (κ1) is 19.5. The van der Waals surface area contributed by atoms with E-state index in [1.165, 1.54) is 36.0 Å². The number of hydrogen-bond donors (Lipinski definition) is 0. The number of Topliss-reactive ketones (excluding diaryl/α,β-unsaturated/α-hetero) is 1. The number of hydrogen-bond acceptors (Lipinski definition) is 6. The van der Waals surface area contributed by atoms with Gasteiger partial charge in [-0.1, -0.05) is 11.8 Å². The number of ether oxygens (including phenoxy) is 1. The molecule has 0 radical (unpaired) electrons. The number of carbonyl (C=O) groups excluding carboxylic acids is 1. The van der Waals surface area contributed by atoms with Crippen LogP contribution in [0.25, 0.3) is 11.4 Å². The lowest BCUT2D eigenvalue weighted by molar-refractivity contribution is -0.0498. The van der Waals surface area contributed by atoms with Crippen LogP contribution in [0.1, 0.15) is 36.2 Å². The summed E-state index contributed by atoms with van der Waals surface area (Å²) in [6.45, 7) is -1.10. The van der Waals surface area contributed by atoms with Crippen molar-refractivity contribution >= 4 is 17.5 Å². The van der Waals surface area contributed by atoms with E-state index in [9.17, 15) is 13.6 Å². The van der Waals surface area contributed by atoms with Crippen molar-refractivity contribution in [2.45, 2.75) is 42.8 Å². The highest BCUT2D eigenvalue weighted by Crippen LogP contribution is 2.41. The van der Waals surface area contributed by atoms with Gasteiger partial charge in [-0.25, -0.2) is 0 Å². The molecule has 1 atom stereocenters. The van der Waals surface area contributed by atoms with Crippen molar-refractivity contribution in [1.82, 2.24) is 19.7 Å². The third-order valence-electron chi connectivity index (χ3n) is 4.51. The van der Waals surface area contributed by atoms with Crippen LogP contribution >= 0.6 is 11.8 Å². The second-order valence-electron chi connectivity index (χ2n) is 6.68. The van der Waals surface area contributed by atoms with E-state index in [1.54, 1.807) is 19.3 Å². The van der Waals surface area contributed by atoms with E-state index < -0.39 is 11.9 Å². The average molecular weight is 416 g/mol. The molecule has 0 aliphatic heterocycles. The van der Waals surface area contributed by atoms with Gasteiger partial charge in [0.25, 0.3) is 0 Å². The molecule has 0 N–H and O–H groups in total. The molecule has 0 amide bonds. The summed E-state index contributed by atoms with van der Waals surface area (Å²) >= 11 is 1.34. The van der Waals surface area contributed by atoms with Crippen molar-refractivity contribution in [3.05, 3.63) is 54.4 Å². The minimum Gasteiger partial charge on any atom is -0.435 e. The molecule has 150 valence electrons. The minimum absolute atomic E-state index is 0.0199. The summed E-state index contributed by atoms with van der Waals surface area (Å²) in [5.41, 5.74) is 1.31. The first-order valence-corrected chi connectivity index (χ1v) is 10.0. The Labute approximate surface area is 170 Å². The molecule has 1 aromatic carbocycles. The Bertz CT molecular complexity index is 991. The standard InChI is InChI=1S/C20H18F2N4O2S/c1-12(17(27)13-4-8-16(9-5-13)28-19(21)22)29-20-25-24-18(26(20)15-6-7-15)14-3-2-10-23-11-14/h2-5,8-12,15,19H,6-7H2,1H3/t12-/m1/s1. The van der Waals surface area contributed by atoms with Crippen molar-refractivity contribution in [3.63, 3.8) is 0 Å². The maximum atomic E-state index is 12.8. The highest BCUT2D eigenvalue weighted by molar-refractivity contribution is 8.00. The van der Waals surface area contributed by atoms with E-state index >= 15 is 0 Å². The lowest BCUT2D eigenvalue weighted by Gasteiger charge is -2.13. The number of ketones is 1. The average Bonchev–Trinajstić information content (AvgIpc) is 3.48. The maximum Gasteiger partial charge on any atom is 0.387 e. The molecular weight excluding hydrogens is 398 g/mol. The number of aromatic nitrogens is 4. The monoisotopic (exact) mass is 416 g/mol. The number of benzene rings is 1. The molecule has 6 nitrogen and oxygen atoms in total. The van der Waals surface area contributed by atoms with Gasteiger partial charge in [0.05, 0.1) is 5.25 Å². The number of alkyl halides is 2. The molecule has 29 heavy (non-hydrogen) atoms. The highest BCUT2D eigenvalue weighted by Gasteiger charge is 2.31. The lowest BCUT2D eigenvalue weighted by atomic mass is 10.1. The van der Waals surface area contributed by atoms with Crippen LogP contribution in [0, 0.1) is 0 Å². The Morgan fingerprint density at radius 1 is 1.21 bits per heavy atom. The van der Waals surface area contributed by atoms with Gasteiger partial charge in [0.1, 0.15) is 5.75 Å². The molecule has 0 spiro atoms. The van der Waals surface area contributed by atoms with E-state index in [0.717, 1.165) is 24.2 Å². The van der Waals surface area contributed by atoms with Gasteiger partial charge in [-0.3, -0.25) is 14.3 Å². The number of carbonyl (C=O) groups is 1. The molecule has 1 aliphatic rings. The topological polar surface area (TPSA) is 69.9 Å². The second kappa shape index (κ2) is 8.28. The smallest absolute Gasteiger partial charge is 0.387 e. The zero-order valence-corrected chi connectivity index (χ0v) is 16.4. The molecule has 1 fully saturated rings. The second-order valence-corrected chi connectivity index (χ2v) is 7.98. The summed E-state index contributed by atoms with van der Waals surface area (Å²) in [5.74, 6) is 0.648. The fourth-order valence-corrected chi connectivity index (χ4v) is 3.95. The summed E-state index contributed by atoms with van der Waals surface area (Å²) < 4.78 is 30.9. The molecule has 2 aromatic heterocycles. The molecular formula is C20H18F2N4O2S. The number of thioether (sulfide) groups is 1. The van der Waals surface area contributed by atoms with Gasteiger partial charge in [0.15, 0.2) is 16.8 Å². The van der Waals surface area contributed by atoms with Crippen LogP contribution in [0.3, 0.4) is 0 Å². The first-order valence-electron chi connectivity index (χ1n) is 9.14. The Kier molecular flexibility index (Phi) is 5.57. The summed E-state index contributed by atoms with van der Waals surface area (Å²) in [6.07, 6.45) is 5.55. The van der Waals surface area contributed by atoms with Gasteiger partial charge in [0, 0.05) is 29.6 Å². The van der Waals surface area contributed by atoms with Crippen LogP contribution < -0.4 is 4.74 Å². The normalized spacial score (nSPS) is 14.8. The molecule has 0 saturated heterocycles. The SMILES string of the molecule is C[C@@H](Sc1nnc(-c2cccnc2)n1C1CC1)C(=O)c1ccc(OC(F)F)cc1. The fraction of sp³-hybridized carbons (Fsp3) is 0.300. The minimum atomic E-state index is -2.89. The van der Waals surface area contributed by atoms with Gasteiger partial charge < -0.3 is 4.74 Å². The van der Waals surface area contributed by atoms with Crippen molar-refractivity contribution < 1.29 is 18.3 Å². The molecule has 0 bridgehead atoms. The molecule has 3 aromatic rings. The number of nitrogens with zero attached hydrogens (tertiary/aromatic N) is 4. The van der Waals surface area contributed by atoms with Crippen molar-refractivity contribution in [3.8, 4) is 17.1 Å². The van der Waals surface area contributed by atoms with Crippen LogP contribution in [0.4, 0.5) is 8.78 Å². The first-order chi connectivity index (χ1) is 14.0. The van der Waals surface area contributed by atoms with Gasteiger partial charge in [-0.2, -0.15) is 8.78 Å². The molecule has 2 heterocycles. The zero-order valence-electron chi connectivity index (χ0n) is 15.5. The van der Waals surface area contributed by atoms with E-state index in [4.69, 9.17) is 0 Å². The summed E-state index contributed by atoms with van der Waals surface area (Å²) in [7, 11) is 0. The number of pyridine rings is 1. The van der Waals surface area contributed by atoms with Crippen LogP contribution in [-0.4, -0.2) is 37.4 Å². The van der Waals surface area contributed by atoms with E-state index in [2.05, 4.69) is 24.5 Å². The molecule has 9 heteroatoms. The predicted octanol–water partition coefficient (Wildman–Crippen LogP) is 4.64. The number of halogens is 2. The number of rotatable bonds is 8.